The van der Waals surface area contributed by atoms with E-state index in [1.54, 1.807) is 25.3 Å². The molecule has 3 heteroatoms. The number of aryl methyl sites for hydroxylation is 1. The van der Waals surface area contributed by atoms with E-state index in [-0.39, 0.29) is 11.7 Å². The lowest BCUT2D eigenvalue weighted by atomic mass is 9.92. The average Bonchev–Trinajstić information content (AvgIpc) is 2.46. The summed E-state index contributed by atoms with van der Waals surface area (Å²) in [4.78, 5) is 0. The molecule has 0 radical (unpaired) electrons. The van der Waals surface area contributed by atoms with E-state index in [2.05, 4.69) is 6.07 Å². The Labute approximate surface area is 118 Å². The zero-order chi connectivity index (χ0) is 14.5. The van der Waals surface area contributed by atoms with Gasteiger partial charge in [-0.2, -0.15) is 5.26 Å². The summed E-state index contributed by atoms with van der Waals surface area (Å²) < 4.78 is 18.9. The zero-order valence-electron chi connectivity index (χ0n) is 11.6. The molecule has 0 spiro atoms. The number of nitriles is 1. The van der Waals surface area contributed by atoms with Crippen LogP contribution in [-0.4, -0.2) is 7.11 Å². The van der Waals surface area contributed by atoms with Gasteiger partial charge in [-0.25, -0.2) is 4.39 Å². The fourth-order valence-corrected chi connectivity index (χ4v) is 2.24. The number of hydrogen-bond donors (Lipinski definition) is 0. The van der Waals surface area contributed by atoms with Crippen LogP contribution in [0.2, 0.25) is 0 Å². The smallest absolute Gasteiger partial charge is 0.126 e. The van der Waals surface area contributed by atoms with Crippen molar-refractivity contribution >= 4 is 0 Å². The van der Waals surface area contributed by atoms with Crippen molar-refractivity contribution in [1.82, 2.24) is 0 Å². The van der Waals surface area contributed by atoms with Gasteiger partial charge < -0.3 is 4.74 Å². The number of nitrogens with zero attached hydrogens (tertiary/aromatic N) is 1. The second-order valence-corrected chi connectivity index (χ2v) is 4.71. The number of halogens is 1. The van der Waals surface area contributed by atoms with Gasteiger partial charge in [0, 0.05) is 0 Å². The first-order valence-corrected chi connectivity index (χ1v) is 6.43. The zero-order valence-corrected chi connectivity index (χ0v) is 11.6. The van der Waals surface area contributed by atoms with Crippen LogP contribution in [-0.2, 0) is 6.42 Å². The van der Waals surface area contributed by atoms with Gasteiger partial charge in [-0.3, -0.25) is 0 Å². The summed E-state index contributed by atoms with van der Waals surface area (Å²) in [7, 11) is 1.61. The summed E-state index contributed by atoms with van der Waals surface area (Å²) in [6, 6.07) is 14.5. The number of methoxy groups -OCH3 is 1. The molecule has 0 N–H and O–H groups in total. The maximum Gasteiger partial charge on any atom is 0.126 e. The van der Waals surface area contributed by atoms with Crippen LogP contribution in [0.3, 0.4) is 0 Å². The highest BCUT2D eigenvalue weighted by Gasteiger charge is 2.15. The fourth-order valence-electron chi connectivity index (χ4n) is 2.24. The van der Waals surface area contributed by atoms with Crippen LogP contribution in [0.25, 0.3) is 0 Å². The molecule has 0 amide bonds. The molecule has 0 heterocycles. The second-order valence-electron chi connectivity index (χ2n) is 4.71. The van der Waals surface area contributed by atoms with Crippen molar-refractivity contribution in [2.45, 2.75) is 19.3 Å². The van der Waals surface area contributed by atoms with E-state index in [0.29, 0.717) is 12.0 Å². The number of rotatable bonds is 4. The van der Waals surface area contributed by atoms with E-state index in [0.717, 1.165) is 16.9 Å². The van der Waals surface area contributed by atoms with Gasteiger partial charge in [-0.05, 0) is 42.2 Å². The molecule has 0 aromatic heterocycles. The molecule has 2 aromatic carbocycles. The lowest BCUT2D eigenvalue weighted by Gasteiger charge is -2.12. The van der Waals surface area contributed by atoms with Crippen molar-refractivity contribution in [2.75, 3.05) is 7.11 Å². The molecule has 0 saturated carbocycles. The number of benzene rings is 2. The Morgan fingerprint density at radius 2 is 2.00 bits per heavy atom. The summed E-state index contributed by atoms with van der Waals surface area (Å²) in [5.41, 5.74) is 2.42. The molecular weight excluding hydrogens is 253 g/mol. The summed E-state index contributed by atoms with van der Waals surface area (Å²) >= 11 is 0. The largest absolute Gasteiger partial charge is 0.496 e. The van der Waals surface area contributed by atoms with E-state index < -0.39 is 0 Å². The Bertz CT molecular complexity index is 646. The SMILES string of the molecule is COc1ccc(C(C#N)Cc2ccccc2F)cc1C. The quantitative estimate of drug-likeness (QED) is 0.840. The fraction of sp³-hybridized carbons (Fsp3) is 0.235. The maximum atomic E-state index is 13.7. The third kappa shape index (κ3) is 2.97. The van der Waals surface area contributed by atoms with Crippen LogP contribution in [0, 0.1) is 24.1 Å². The van der Waals surface area contributed by atoms with E-state index in [9.17, 15) is 9.65 Å². The molecule has 0 bridgehead atoms. The van der Waals surface area contributed by atoms with Gasteiger partial charge >= 0.3 is 0 Å². The van der Waals surface area contributed by atoms with Crippen LogP contribution in [0.1, 0.15) is 22.6 Å². The van der Waals surface area contributed by atoms with Gasteiger partial charge in [0.05, 0.1) is 19.1 Å². The van der Waals surface area contributed by atoms with Crippen LogP contribution in [0.4, 0.5) is 4.39 Å². The molecule has 20 heavy (non-hydrogen) atoms. The van der Waals surface area contributed by atoms with Crippen molar-refractivity contribution < 1.29 is 9.13 Å². The molecule has 0 aliphatic carbocycles. The van der Waals surface area contributed by atoms with E-state index in [1.165, 1.54) is 6.07 Å². The lowest BCUT2D eigenvalue weighted by molar-refractivity contribution is 0.411. The number of hydrogen-bond acceptors (Lipinski definition) is 2. The third-order valence-electron chi connectivity index (χ3n) is 3.36. The third-order valence-corrected chi connectivity index (χ3v) is 3.36. The molecule has 1 unspecified atom stereocenters. The van der Waals surface area contributed by atoms with Crippen LogP contribution < -0.4 is 4.74 Å². The summed E-state index contributed by atoms with van der Waals surface area (Å²) in [5, 5.41) is 9.35. The summed E-state index contributed by atoms with van der Waals surface area (Å²) in [5.74, 6) is 0.158. The minimum atomic E-state index is -0.364. The summed E-state index contributed by atoms with van der Waals surface area (Å²) in [6.45, 7) is 1.93. The molecule has 2 rings (SSSR count). The van der Waals surface area contributed by atoms with Gasteiger partial charge in [0.25, 0.3) is 0 Å². The van der Waals surface area contributed by atoms with Gasteiger partial charge in [-0.1, -0.05) is 30.3 Å². The molecule has 102 valence electrons. The molecule has 2 aromatic rings. The molecule has 0 saturated heterocycles. The van der Waals surface area contributed by atoms with Gasteiger partial charge in [0.1, 0.15) is 11.6 Å². The monoisotopic (exact) mass is 269 g/mol. The highest BCUT2D eigenvalue weighted by molar-refractivity contribution is 5.40. The van der Waals surface area contributed by atoms with E-state index in [4.69, 9.17) is 4.74 Å². The van der Waals surface area contributed by atoms with Gasteiger partial charge in [0.2, 0.25) is 0 Å². The molecule has 2 nitrogen and oxygen atoms in total. The van der Waals surface area contributed by atoms with Crippen molar-refractivity contribution in [2.24, 2.45) is 0 Å². The molecule has 1 atom stereocenters. The standard InChI is InChI=1S/C17H16FNO/c1-12-9-13(7-8-17(12)20-2)15(11-19)10-14-5-3-4-6-16(14)18/h3-9,15H,10H2,1-2H3. The van der Waals surface area contributed by atoms with Crippen LogP contribution >= 0.6 is 0 Å². The first-order valence-electron chi connectivity index (χ1n) is 6.43. The Morgan fingerprint density at radius 3 is 2.60 bits per heavy atom. The molecular formula is C17H16FNO. The first-order chi connectivity index (χ1) is 9.65. The minimum Gasteiger partial charge on any atom is -0.496 e. The Balaban J connectivity index is 2.27. The highest BCUT2D eigenvalue weighted by atomic mass is 19.1. The van der Waals surface area contributed by atoms with Gasteiger partial charge in [-0.15, -0.1) is 0 Å². The number of ether oxygens (including phenoxy) is 1. The lowest BCUT2D eigenvalue weighted by Crippen LogP contribution is -2.03. The molecule has 0 aliphatic heterocycles. The Morgan fingerprint density at radius 1 is 1.25 bits per heavy atom. The van der Waals surface area contributed by atoms with E-state index in [1.807, 2.05) is 25.1 Å². The summed E-state index contributed by atoms with van der Waals surface area (Å²) in [6.07, 6.45) is 0.370. The first kappa shape index (κ1) is 14.1. The normalized spacial score (nSPS) is 11.7. The predicted octanol–water partition coefficient (Wildman–Crippen LogP) is 3.99. The maximum absolute atomic E-state index is 13.7. The van der Waals surface area contributed by atoms with Crippen molar-refractivity contribution in [3.8, 4) is 11.8 Å². The Hall–Kier alpha value is -2.34. The van der Waals surface area contributed by atoms with Crippen molar-refractivity contribution in [3.05, 3.63) is 65.0 Å². The average molecular weight is 269 g/mol. The van der Waals surface area contributed by atoms with Crippen molar-refractivity contribution in [3.63, 3.8) is 0 Å². The minimum absolute atomic E-state index is 0.266. The molecule has 0 fully saturated rings. The Kier molecular flexibility index (Phi) is 4.37. The highest BCUT2D eigenvalue weighted by Crippen LogP contribution is 2.26. The van der Waals surface area contributed by atoms with Crippen LogP contribution in [0.5, 0.6) is 5.75 Å². The van der Waals surface area contributed by atoms with Gasteiger partial charge in [0.15, 0.2) is 0 Å². The van der Waals surface area contributed by atoms with E-state index >= 15 is 0 Å². The van der Waals surface area contributed by atoms with Crippen molar-refractivity contribution in [1.29, 1.82) is 5.26 Å². The molecule has 0 aliphatic rings. The topological polar surface area (TPSA) is 33.0 Å². The second kappa shape index (κ2) is 6.21. The predicted molar refractivity (Wildman–Crippen MR) is 76.2 cm³/mol. The van der Waals surface area contributed by atoms with Crippen LogP contribution in [0.15, 0.2) is 42.5 Å².